The Labute approximate surface area is 143 Å². The molecule has 124 valence electrons. The van der Waals surface area contributed by atoms with Gasteiger partial charge in [-0.25, -0.2) is 0 Å². The van der Waals surface area contributed by atoms with E-state index in [1.54, 1.807) is 41.5 Å². The predicted molar refractivity (Wildman–Crippen MR) is 70.1 cm³/mol. The summed E-state index contributed by atoms with van der Waals surface area (Å²) in [6.07, 6.45) is 0.866. The molecule has 0 atom stereocenters. The molecule has 0 radical (unpaired) electrons. The first-order chi connectivity index (χ1) is 9.00. The van der Waals surface area contributed by atoms with Gasteiger partial charge in [0.2, 0.25) is 0 Å². The maximum Gasteiger partial charge on any atom is 4.00 e. The molecule has 0 aliphatic rings. The summed E-state index contributed by atoms with van der Waals surface area (Å²) >= 11 is 0. The zero-order valence-electron chi connectivity index (χ0n) is 13.9. The first-order valence-electron chi connectivity index (χ1n) is 6.72. The number of hydrogen-bond acceptors (Lipinski definition) is 6. The second kappa shape index (κ2) is 27.8. The minimum Gasteiger partial charge on any atom is -0.852 e. The fourth-order valence-corrected chi connectivity index (χ4v) is 0.408. The minimum absolute atomic E-state index is 0. The van der Waals surface area contributed by atoms with Gasteiger partial charge in [0.15, 0.2) is 0 Å². The van der Waals surface area contributed by atoms with Crippen LogP contribution in [0.15, 0.2) is 0 Å². The van der Waals surface area contributed by atoms with Gasteiger partial charge in [0.25, 0.3) is 0 Å². The van der Waals surface area contributed by atoms with E-state index in [1.165, 1.54) is 0 Å². The van der Waals surface area contributed by atoms with Gasteiger partial charge in [-0.05, 0) is 12.8 Å². The van der Waals surface area contributed by atoms with Gasteiger partial charge in [0.1, 0.15) is 0 Å². The first kappa shape index (κ1) is 32.5. The average Bonchev–Trinajstić information content (AvgIpc) is 2.15. The summed E-state index contributed by atoms with van der Waals surface area (Å²) < 4.78 is 0. The zero-order valence-corrected chi connectivity index (χ0v) is 15.5. The smallest absolute Gasteiger partial charge is 0.852 e. The molecule has 0 fully saturated rings. The van der Waals surface area contributed by atoms with Crippen LogP contribution in [0.1, 0.15) is 67.2 Å². The van der Waals surface area contributed by atoms with Crippen molar-refractivity contribution >= 4 is 11.9 Å². The summed E-state index contributed by atoms with van der Waals surface area (Å²) in [4.78, 5) is 19.0. The summed E-state index contributed by atoms with van der Waals surface area (Å²) in [5.41, 5.74) is 0. The molecule has 0 rings (SSSR count). The summed E-state index contributed by atoms with van der Waals surface area (Å²) in [7, 11) is 0. The molecule has 0 spiro atoms. The monoisotopic (exact) mass is 340 g/mol. The van der Waals surface area contributed by atoms with Crippen LogP contribution in [0, 0.1) is 0 Å². The Morgan fingerprint density at radius 3 is 0.905 bits per heavy atom. The third-order valence-electron chi connectivity index (χ3n) is 0.908. The maximum absolute atomic E-state index is 9.53. The number of aliphatic carboxylic acids is 2. The van der Waals surface area contributed by atoms with Gasteiger partial charge in [-0.1, -0.05) is 54.4 Å². The molecule has 0 unspecified atom stereocenters. The van der Waals surface area contributed by atoms with E-state index in [4.69, 9.17) is 0 Å². The topological polar surface area (TPSA) is 126 Å². The van der Waals surface area contributed by atoms with Crippen molar-refractivity contribution in [3.8, 4) is 0 Å². The van der Waals surface area contributed by atoms with E-state index < -0.39 is 24.1 Å². The van der Waals surface area contributed by atoms with Crippen LogP contribution in [0.25, 0.3) is 0 Å². The van der Waals surface area contributed by atoms with Crippen molar-refractivity contribution in [3.63, 3.8) is 0 Å². The second-order valence-electron chi connectivity index (χ2n) is 4.34. The molecular weight excluding hydrogens is 312 g/mol. The maximum atomic E-state index is 9.53. The van der Waals surface area contributed by atoms with E-state index in [1.807, 2.05) is 0 Å². The molecular formula is C14H28O6Ti. The van der Waals surface area contributed by atoms with Crippen LogP contribution in [0.5, 0.6) is 0 Å². The molecule has 0 heterocycles. The van der Waals surface area contributed by atoms with Gasteiger partial charge >= 0.3 is 21.7 Å². The van der Waals surface area contributed by atoms with Crippen LogP contribution >= 0.6 is 0 Å². The SMILES string of the molecule is CC(C)[O-].CC(C)[O-].CCCC(=O)[O-].CCCC(=O)[O-].[Ti+4]. The van der Waals surface area contributed by atoms with Crippen molar-refractivity contribution in [1.82, 2.24) is 0 Å². The van der Waals surface area contributed by atoms with E-state index in [2.05, 4.69) is 0 Å². The van der Waals surface area contributed by atoms with Gasteiger partial charge in [-0.15, -0.1) is 12.2 Å². The van der Waals surface area contributed by atoms with Gasteiger partial charge in [0, 0.05) is 11.9 Å². The van der Waals surface area contributed by atoms with Crippen molar-refractivity contribution in [3.05, 3.63) is 0 Å². The summed E-state index contributed by atoms with van der Waals surface area (Å²) in [6, 6.07) is 0. The number of rotatable bonds is 4. The molecule has 0 saturated heterocycles. The van der Waals surface area contributed by atoms with Crippen LogP contribution in [0.2, 0.25) is 0 Å². The third kappa shape index (κ3) is 195. The number of carboxylic acids is 2. The molecule has 0 aromatic rings. The van der Waals surface area contributed by atoms with Gasteiger partial charge < -0.3 is 30.0 Å². The number of carboxylic acid groups (broad SMARTS) is 2. The molecule has 6 nitrogen and oxygen atoms in total. The number of hydrogen-bond donors (Lipinski definition) is 0. The van der Waals surface area contributed by atoms with Crippen LogP contribution < -0.4 is 20.4 Å². The van der Waals surface area contributed by atoms with E-state index >= 15 is 0 Å². The van der Waals surface area contributed by atoms with Crippen molar-refractivity contribution in [1.29, 1.82) is 0 Å². The van der Waals surface area contributed by atoms with Gasteiger partial charge in [0.05, 0.1) is 0 Å². The van der Waals surface area contributed by atoms with Crippen LogP contribution in [0.4, 0.5) is 0 Å². The standard InChI is InChI=1S/2C4H8O2.2C3H7O.Ti/c2*1-2-3-4(5)6;2*1-3(2)4;/h2*2-3H2,1H3,(H,5,6);2*3H,1-2H3;/q;;2*-1;+4/p-2. The molecule has 0 aromatic carbocycles. The van der Waals surface area contributed by atoms with Gasteiger partial charge in [-0.2, -0.15) is 0 Å². The molecule has 0 saturated carbocycles. The van der Waals surface area contributed by atoms with Crippen LogP contribution in [0.3, 0.4) is 0 Å². The Balaban J connectivity index is -0.0000000544. The quantitative estimate of drug-likeness (QED) is 0.578. The fourth-order valence-electron chi connectivity index (χ4n) is 0.408. The number of carbonyl (C=O) groups excluding carboxylic acids is 2. The minimum atomic E-state index is -0.961. The normalized spacial score (nSPS) is 8.10. The third-order valence-corrected chi connectivity index (χ3v) is 0.908. The summed E-state index contributed by atoms with van der Waals surface area (Å²) in [5, 5.41) is 38.0. The average molecular weight is 340 g/mol. The first-order valence-corrected chi connectivity index (χ1v) is 6.72. The van der Waals surface area contributed by atoms with Crippen molar-refractivity contribution in [2.75, 3.05) is 0 Å². The summed E-state index contributed by atoms with van der Waals surface area (Å²) in [5.74, 6) is -1.92. The van der Waals surface area contributed by atoms with E-state index in [9.17, 15) is 30.0 Å². The van der Waals surface area contributed by atoms with Crippen molar-refractivity contribution in [2.45, 2.75) is 79.4 Å². The van der Waals surface area contributed by atoms with Crippen molar-refractivity contribution in [2.24, 2.45) is 0 Å². The van der Waals surface area contributed by atoms with Crippen LogP contribution in [-0.2, 0) is 31.3 Å². The Morgan fingerprint density at radius 2 is 0.905 bits per heavy atom. The molecule has 0 aromatic heterocycles. The predicted octanol–water partition coefficient (Wildman–Crippen LogP) is -1.42. The Hall–Kier alpha value is -0.426. The second-order valence-corrected chi connectivity index (χ2v) is 4.34. The molecule has 0 aliphatic carbocycles. The summed E-state index contributed by atoms with van der Waals surface area (Å²) in [6.45, 7) is 10.0. The molecule has 0 amide bonds. The van der Waals surface area contributed by atoms with Crippen molar-refractivity contribution < 1.29 is 51.7 Å². The zero-order chi connectivity index (χ0) is 17.1. The van der Waals surface area contributed by atoms with E-state index in [0.717, 1.165) is 0 Å². The molecule has 0 aliphatic heterocycles. The molecule has 0 bridgehead atoms. The van der Waals surface area contributed by atoms with E-state index in [-0.39, 0.29) is 34.6 Å². The molecule has 7 heteroatoms. The molecule has 0 N–H and O–H groups in total. The Morgan fingerprint density at radius 1 is 0.762 bits per heavy atom. The van der Waals surface area contributed by atoms with Gasteiger partial charge in [-0.3, -0.25) is 0 Å². The van der Waals surface area contributed by atoms with E-state index in [0.29, 0.717) is 12.8 Å². The fraction of sp³-hybridized carbons (Fsp3) is 0.857. The Bertz CT molecular complexity index is 180. The largest absolute Gasteiger partial charge is 4.00 e. The molecule has 21 heavy (non-hydrogen) atoms. The van der Waals surface area contributed by atoms with Crippen LogP contribution in [-0.4, -0.2) is 24.1 Å². The number of carbonyl (C=O) groups is 2. The Kier molecular flexibility index (Phi) is 43.1.